The van der Waals surface area contributed by atoms with Crippen molar-refractivity contribution in [1.29, 1.82) is 0 Å². The molecule has 0 spiro atoms. The highest BCUT2D eigenvalue weighted by Crippen LogP contribution is 2.39. The Hall–Kier alpha value is -1.60. The molecule has 0 radical (unpaired) electrons. The van der Waals surface area contributed by atoms with Crippen LogP contribution in [0.4, 0.5) is 0 Å². The van der Waals surface area contributed by atoms with Crippen LogP contribution >= 0.6 is 0 Å². The molecule has 0 saturated heterocycles. The fourth-order valence-corrected chi connectivity index (χ4v) is 4.10. The Labute approximate surface area is 141 Å². The van der Waals surface area contributed by atoms with Crippen molar-refractivity contribution < 1.29 is 0 Å². The predicted octanol–water partition coefficient (Wildman–Crippen LogP) is 5.21. The number of rotatable bonds is 5. The lowest BCUT2D eigenvalue weighted by Crippen LogP contribution is -2.25. The minimum atomic E-state index is 0.501. The lowest BCUT2D eigenvalue weighted by Gasteiger charge is -2.24. The van der Waals surface area contributed by atoms with E-state index in [0.29, 0.717) is 11.8 Å². The molecule has 0 aromatic heterocycles. The van der Waals surface area contributed by atoms with Crippen LogP contribution < -0.4 is 0 Å². The van der Waals surface area contributed by atoms with Crippen LogP contribution in [0.15, 0.2) is 48.5 Å². The second kappa shape index (κ2) is 7.31. The highest BCUT2D eigenvalue weighted by atomic mass is 15.1. The lowest BCUT2D eigenvalue weighted by molar-refractivity contribution is 0.289. The van der Waals surface area contributed by atoms with Gasteiger partial charge in [-0.3, -0.25) is 0 Å². The van der Waals surface area contributed by atoms with Gasteiger partial charge in [0.25, 0.3) is 0 Å². The van der Waals surface area contributed by atoms with E-state index in [0.717, 1.165) is 13.1 Å². The monoisotopic (exact) mass is 307 g/mol. The summed E-state index contributed by atoms with van der Waals surface area (Å²) in [5.41, 5.74) is 6.16. The van der Waals surface area contributed by atoms with Crippen molar-refractivity contribution in [3.05, 3.63) is 70.8 Å². The van der Waals surface area contributed by atoms with E-state index in [1.807, 2.05) is 0 Å². The van der Waals surface area contributed by atoms with Crippen molar-refractivity contribution in [2.24, 2.45) is 0 Å². The van der Waals surface area contributed by atoms with Gasteiger partial charge < -0.3 is 4.90 Å². The van der Waals surface area contributed by atoms with Crippen molar-refractivity contribution in [2.45, 2.75) is 45.4 Å². The average Bonchev–Trinajstić information content (AvgIpc) is 2.72. The third kappa shape index (κ3) is 3.35. The summed E-state index contributed by atoms with van der Waals surface area (Å²) < 4.78 is 0. The van der Waals surface area contributed by atoms with Gasteiger partial charge in [-0.1, -0.05) is 69.3 Å². The molecule has 1 aliphatic rings. The van der Waals surface area contributed by atoms with Crippen LogP contribution in [0.3, 0.4) is 0 Å². The van der Waals surface area contributed by atoms with Gasteiger partial charge in [0.2, 0.25) is 0 Å². The SMILES string of the molecule is CCN(CC)CCC1Cc2ccccc2C(C)c2ccccc21. The van der Waals surface area contributed by atoms with E-state index < -0.39 is 0 Å². The van der Waals surface area contributed by atoms with Crippen LogP contribution in [0, 0.1) is 0 Å². The molecule has 122 valence electrons. The molecule has 2 unspecified atom stereocenters. The van der Waals surface area contributed by atoms with Crippen LogP contribution in [-0.2, 0) is 6.42 Å². The molecule has 2 atom stereocenters. The zero-order valence-corrected chi connectivity index (χ0v) is 14.8. The number of hydrogen-bond acceptors (Lipinski definition) is 1. The van der Waals surface area contributed by atoms with Gasteiger partial charge in [0.1, 0.15) is 0 Å². The minimum Gasteiger partial charge on any atom is -0.304 e. The Kier molecular flexibility index (Phi) is 5.17. The van der Waals surface area contributed by atoms with Crippen molar-refractivity contribution >= 4 is 0 Å². The molecule has 0 heterocycles. The third-order valence-electron chi connectivity index (χ3n) is 5.58. The van der Waals surface area contributed by atoms with Gasteiger partial charge in [-0.15, -0.1) is 0 Å². The van der Waals surface area contributed by atoms with Crippen molar-refractivity contribution in [2.75, 3.05) is 19.6 Å². The molecule has 0 bridgehead atoms. The van der Waals surface area contributed by atoms with E-state index in [4.69, 9.17) is 0 Å². The predicted molar refractivity (Wildman–Crippen MR) is 99.3 cm³/mol. The van der Waals surface area contributed by atoms with E-state index >= 15 is 0 Å². The Balaban J connectivity index is 1.94. The van der Waals surface area contributed by atoms with E-state index in [2.05, 4.69) is 74.2 Å². The van der Waals surface area contributed by atoms with Gasteiger partial charge in [-0.25, -0.2) is 0 Å². The topological polar surface area (TPSA) is 3.24 Å². The van der Waals surface area contributed by atoms with Crippen LogP contribution in [0.1, 0.15) is 61.3 Å². The van der Waals surface area contributed by atoms with E-state index in [-0.39, 0.29) is 0 Å². The minimum absolute atomic E-state index is 0.501. The van der Waals surface area contributed by atoms with Crippen LogP contribution in [-0.4, -0.2) is 24.5 Å². The van der Waals surface area contributed by atoms with Crippen molar-refractivity contribution in [3.63, 3.8) is 0 Å². The first-order valence-corrected chi connectivity index (χ1v) is 9.13. The summed E-state index contributed by atoms with van der Waals surface area (Å²) in [5.74, 6) is 1.14. The smallest absolute Gasteiger partial charge is 0.00665 e. The van der Waals surface area contributed by atoms with Crippen molar-refractivity contribution in [3.8, 4) is 0 Å². The average molecular weight is 307 g/mol. The van der Waals surface area contributed by atoms with Gasteiger partial charge >= 0.3 is 0 Å². The number of benzene rings is 2. The highest BCUT2D eigenvalue weighted by molar-refractivity contribution is 5.46. The van der Waals surface area contributed by atoms with Crippen LogP contribution in [0.5, 0.6) is 0 Å². The standard InChI is InChI=1S/C22H29N/c1-4-23(5-2)15-14-19-16-18-10-6-7-11-20(18)17(3)21-12-8-9-13-22(19)21/h6-13,17,19H,4-5,14-16H2,1-3H3. The van der Waals surface area contributed by atoms with E-state index in [1.165, 1.54) is 30.5 Å². The van der Waals surface area contributed by atoms with Gasteiger partial charge in [-0.2, -0.15) is 0 Å². The molecule has 23 heavy (non-hydrogen) atoms. The van der Waals surface area contributed by atoms with Crippen LogP contribution in [0.25, 0.3) is 0 Å². The number of fused-ring (bicyclic) bond motifs is 2. The third-order valence-corrected chi connectivity index (χ3v) is 5.58. The molecule has 1 heteroatoms. The van der Waals surface area contributed by atoms with Gasteiger partial charge in [0.05, 0.1) is 0 Å². The molecular weight excluding hydrogens is 278 g/mol. The molecule has 1 aliphatic carbocycles. The largest absolute Gasteiger partial charge is 0.304 e. The summed E-state index contributed by atoms with van der Waals surface area (Å²) >= 11 is 0. The number of nitrogens with zero attached hydrogens (tertiary/aromatic N) is 1. The Morgan fingerprint density at radius 1 is 0.870 bits per heavy atom. The van der Waals surface area contributed by atoms with E-state index in [9.17, 15) is 0 Å². The summed E-state index contributed by atoms with van der Waals surface area (Å²) in [7, 11) is 0. The summed E-state index contributed by atoms with van der Waals surface area (Å²) in [5, 5.41) is 0. The Bertz CT molecular complexity index is 642. The van der Waals surface area contributed by atoms with Gasteiger partial charge in [0.15, 0.2) is 0 Å². The molecule has 2 aromatic rings. The maximum Gasteiger partial charge on any atom is 0.00665 e. The summed E-state index contributed by atoms with van der Waals surface area (Å²) in [4.78, 5) is 2.54. The molecule has 0 amide bonds. The summed E-state index contributed by atoms with van der Waals surface area (Å²) in [6.07, 6.45) is 2.43. The molecule has 0 saturated carbocycles. The van der Waals surface area contributed by atoms with Gasteiger partial charge in [-0.05, 0) is 60.6 Å². The molecule has 3 rings (SSSR count). The maximum atomic E-state index is 2.54. The Morgan fingerprint density at radius 3 is 2.17 bits per heavy atom. The first-order valence-electron chi connectivity index (χ1n) is 9.13. The number of hydrogen-bond donors (Lipinski definition) is 0. The molecular formula is C22H29N. The molecule has 0 N–H and O–H groups in total. The summed E-state index contributed by atoms with van der Waals surface area (Å²) in [6, 6.07) is 18.2. The quantitative estimate of drug-likeness (QED) is 0.733. The fourth-order valence-electron chi connectivity index (χ4n) is 4.10. The van der Waals surface area contributed by atoms with Crippen molar-refractivity contribution in [1.82, 2.24) is 4.90 Å². The second-order valence-corrected chi connectivity index (χ2v) is 6.77. The lowest BCUT2D eigenvalue weighted by atomic mass is 9.87. The zero-order valence-electron chi connectivity index (χ0n) is 14.8. The summed E-state index contributed by atoms with van der Waals surface area (Å²) in [6.45, 7) is 10.4. The fraction of sp³-hybridized carbons (Fsp3) is 0.455. The second-order valence-electron chi connectivity index (χ2n) is 6.77. The molecule has 1 nitrogen and oxygen atoms in total. The molecule has 0 aliphatic heterocycles. The normalized spacial score (nSPS) is 20.0. The first-order chi connectivity index (χ1) is 11.2. The zero-order chi connectivity index (χ0) is 16.2. The molecule has 0 fully saturated rings. The first kappa shape index (κ1) is 16.3. The van der Waals surface area contributed by atoms with Crippen LogP contribution in [0.2, 0.25) is 0 Å². The maximum absolute atomic E-state index is 2.54. The highest BCUT2D eigenvalue weighted by Gasteiger charge is 2.25. The van der Waals surface area contributed by atoms with E-state index in [1.54, 1.807) is 11.1 Å². The Morgan fingerprint density at radius 2 is 1.48 bits per heavy atom. The molecule has 2 aromatic carbocycles. The van der Waals surface area contributed by atoms with Gasteiger partial charge in [0, 0.05) is 5.92 Å².